The van der Waals surface area contributed by atoms with Crippen molar-refractivity contribution in [3.8, 4) is 6.07 Å². The number of carbonyl (C=O) groups excluding carboxylic acids is 1. The predicted octanol–water partition coefficient (Wildman–Crippen LogP) is 4.51. The highest BCUT2D eigenvalue weighted by atomic mass is 35.5. The van der Waals surface area contributed by atoms with E-state index in [2.05, 4.69) is 10.8 Å². The molecule has 8 heteroatoms. The first-order valence-electron chi connectivity index (χ1n) is 9.54. The summed E-state index contributed by atoms with van der Waals surface area (Å²) >= 11 is 6.14. The molecule has 0 aromatic heterocycles. The topological polar surface area (TPSA) is 90.3 Å². The minimum atomic E-state index is -3.90. The fourth-order valence-corrected chi connectivity index (χ4v) is 5.02. The molecule has 0 saturated heterocycles. The van der Waals surface area contributed by atoms with Gasteiger partial charge in [0.1, 0.15) is 4.90 Å². The summed E-state index contributed by atoms with van der Waals surface area (Å²) in [7, 11) is -3.90. The van der Waals surface area contributed by atoms with Gasteiger partial charge in [-0.15, -0.1) is 0 Å². The molecular formula is C22H26ClN3O3S. The van der Waals surface area contributed by atoms with Crippen LogP contribution in [-0.4, -0.2) is 31.3 Å². The molecule has 1 atom stereocenters. The van der Waals surface area contributed by atoms with Crippen molar-refractivity contribution < 1.29 is 13.2 Å². The smallest absolute Gasteiger partial charge is 0.254 e. The number of hydrogen-bond acceptors (Lipinski definition) is 4. The molecule has 0 aliphatic rings. The number of amides is 1. The van der Waals surface area contributed by atoms with Crippen molar-refractivity contribution in [1.82, 2.24) is 9.62 Å². The Hall–Kier alpha value is -2.40. The Bertz CT molecular complexity index is 1070. The average Bonchev–Trinajstić information content (AvgIpc) is 2.66. The van der Waals surface area contributed by atoms with Crippen LogP contribution in [0.25, 0.3) is 0 Å². The van der Waals surface area contributed by atoms with Gasteiger partial charge in [0, 0.05) is 17.6 Å². The summed E-state index contributed by atoms with van der Waals surface area (Å²) < 4.78 is 28.1. The van der Waals surface area contributed by atoms with Gasteiger partial charge in [-0.3, -0.25) is 4.79 Å². The number of halogens is 1. The Morgan fingerprint density at radius 1 is 1.20 bits per heavy atom. The third-order valence-electron chi connectivity index (χ3n) is 4.50. The zero-order valence-electron chi connectivity index (χ0n) is 17.7. The predicted molar refractivity (Wildman–Crippen MR) is 118 cm³/mol. The van der Waals surface area contributed by atoms with Gasteiger partial charge in [-0.2, -0.15) is 5.26 Å². The number of nitriles is 1. The van der Waals surface area contributed by atoms with E-state index in [9.17, 15) is 13.2 Å². The summed E-state index contributed by atoms with van der Waals surface area (Å²) in [5, 5.41) is 9.01. The van der Waals surface area contributed by atoms with Crippen molar-refractivity contribution in [2.24, 2.45) is 0 Å². The van der Waals surface area contributed by atoms with Gasteiger partial charge < -0.3 is 4.90 Å². The molecule has 0 saturated carbocycles. The number of nitrogens with zero attached hydrogens (tertiary/aromatic N) is 2. The van der Waals surface area contributed by atoms with Crippen LogP contribution in [0.2, 0.25) is 5.02 Å². The maximum atomic E-state index is 13.2. The number of hydrogen-bond donors (Lipinski definition) is 1. The van der Waals surface area contributed by atoms with Gasteiger partial charge in [0.25, 0.3) is 5.91 Å². The highest BCUT2D eigenvalue weighted by Crippen LogP contribution is 2.27. The summed E-state index contributed by atoms with van der Waals surface area (Å²) in [6.07, 6.45) is 0. The van der Waals surface area contributed by atoms with Gasteiger partial charge in [-0.05, 0) is 70.5 Å². The number of rotatable bonds is 6. The van der Waals surface area contributed by atoms with Crippen LogP contribution in [0.3, 0.4) is 0 Å². The minimum Gasteiger partial charge on any atom is -0.332 e. The molecule has 30 heavy (non-hydrogen) atoms. The van der Waals surface area contributed by atoms with E-state index in [1.807, 2.05) is 26.0 Å². The van der Waals surface area contributed by atoms with Gasteiger partial charge in [0.15, 0.2) is 0 Å². The third-order valence-corrected chi connectivity index (χ3v) is 6.74. The van der Waals surface area contributed by atoms with E-state index < -0.39 is 15.6 Å². The van der Waals surface area contributed by atoms with E-state index in [-0.39, 0.29) is 27.4 Å². The maximum Gasteiger partial charge on any atom is 0.254 e. The normalized spacial score (nSPS) is 12.8. The second-order valence-corrected chi connectivity index (χ2v) is 10.1. The van der Waals surface area contributed by atoms with Crippen molar-refractivity contribution in [1.29, 1.82) is 5.26 Å². The van der Waals surface area contributed by atoms with Crippen molar-refractivity contribution >= 4 is 27.5 Å². The number of benzene rings is 2. The zero-order chi connectivity index (χ0) is 22.7. The monoisotopic (exact) mass is 447 g/mol. The highest BCUT2D eigenvalue weighted by molar-refractivity contribution is 7.89. The Morgan fingerprint density at radius 3 is 2.30 bits per heavy atom. The van der Waals surface area contributed by atoms with E-state index in [0.29, 0.717) is 12.1 Å². The molecule has 0 bridgehead atoms. The first kappa shape index (κ1) is 23.9. The minimum absolute atomic E-state index is 0.0477. The Labute approximate surface area is 183 Å². The molecule has 0 spiro atoms. The van der Waals surface area contributed by atoms with Gasteiger partial charge in [-0.25, -0.2) is 13.1 Å². The van der Waals surface area contributed by atoms with E-state index >= 15 is 0 Å². The first-order chi connectivity index (χ1) is 13.9. The molecule has 0 aliphatic heterocycles. The van der Waals surface area contributed by atoms with Gasteiger partial charge >= 0.3 is 0 Å². The van der Waals surface area contributed by atoms with Gasteiger partial charge in [0.05, 0.1) is 22.7 Å². The number of carbonyl (C=O) groups is 1. The lowest BCUT2D eigenvalue weighted by Gasteiger charge is -2.29. The fraction of sp³-hybridized carbons (Fsp3) is 0.364. The third kappa shape index (κ3) is 5.60. The largest absolute Gasteiger partial charge is 0.332 e. The number of nitrogens with one attached hydrogen (secondary N) is 1. The lowest BCUT2D eigenvalue weighted by Crippen LogP contribution is -2.40. The van der Waals surface area contributed by atoms with Crippen LogP contribution in [0, 0.1) is 11.3 Å². The quantitative estimate of drug-likeness (QED) is 0.705. The molecule has 0 radical (unpaired) electrons. The average molecular weight is 448 g/mol. The van der Waals surface area contributed by atoms with Crippen molar-refractivity contribution in [2.75, 3.05) is 6.54 Å². The summed E-state index contributed by atoms with van der Waals surface area (Å²) in [5.41, 5.74) is 0.956. The molecule has 0 fully saturated rings. The molecule has 1 unspecified atom stereocenters. The lowest BCUT2D eigenvalue weighted by atomic mass is 10.0. The van der Waals surface area contributed by atoms with Crippen LogP contribution in [0.4, 0.5) is 0 Å². The molecule has 0 heterocycles. The van der Waals surface area contributed by atoms with Crippen LogP contribution >= 0.6 is 11.6 Å². The fourth-order valence-electron chi connectivity index (χ4n) is 3.08. The molecule has 2 aromatic carbocycles. The second-order valence-electron chi connectivity index (χ2n) is 8.00. The summed E-state index contributed by atoms with van der Waals surface area (Å²) in [4.78, 5) is 14.7. The van der Waals surface area contributed by atoms with Crippen molar-refractivity contribution in [2.45, 2.75) is 51.1 Å². The summed E-state index contributed by atoms with van der Waals surface area (Å²) in [6.45, 7) is 9.35. The van der Waals surface area contributed by atoms with Gasteiger partial charge in [-0.1, -0.05) is 23.7 Å². The SMILES string of the molecule is CCN(C(=O)c1ccc(Cl)c(S(=O)(=O)NC(C)(C)C)c1)C(C)c1ccc(C#N)cc1. The molecule has 1 amide bonds. The summed E-state index contributed by atoms with van der Waals surface area (Å²) in [5.74, 6) is -0.307. The summed E-state index contributed by atoms with van der Waals surface area (Å²) in [6, 6.07) is 13.1. The van der Waals surface area contributed by atoms with Crippen LogP contribution in [-0.2, 0) is 10.0 Å². The van der Waals surface area contributed by atoms with E-state index in [1.54, 1.807) is 37.8 Å². The molecule has 6 nitrogen and oxygen atoms in total. The second kappa shape index (κ2) is 9.17. The van der Waals surface area contributed by atoms with E-state index in [4.69, 9.17) is 16.9 Å². The van der Waals surface area contributed by atoms with Crippen LogP contribution < -0.4 is 4.72 Å². The van der Waals surface area contributed by atoms with Crippen LogP contribution in [0.1, 0.15) is 62.1 Å². The highest BCUT2D eigenvalue weighted by Gasteiger charge is 2.27. The molecule has 1 N–H and O–H groups in total. The maximum absolute atomic E-state index is 13.2. The number of sulfonamides is 1. The first-order valence-corrected chi connectivity index (χ1v) is 11.4. The standard InChI is InChI=1S/C22H26ClN3O3S/c1-6-26(15(2)17-9-7-16(14-24)8-10-17)21(27)18-11-12-19(23)20(13-18)30(28,29)25-22(3,4)5/h7-13,15,25H,6H2,1-5H3. The van der Waals surface area contributed by atoms with Crippen molar-refractivity contribution in [3.63, 3.8) is 0 Å². The Balaban J connectivity index is 2.40. The van der Waals surface area contributed by atoms with Gasteiger partial charge in [0.2, 0.25) is 10.0 Å². The van der Waals surface area contributed by atoms with E-state index in [1.165, 1.54) is 18.2 Å². The molecule has 0 aliphatic carbocycles. The van der Waals surface area contributed by atoms with Crippen LogP contribution in [0.15, 0.2) is 47.4 Å². The van der Waals surface area contributed by atoms with Crippen molar-refractivity contribution in [3.05, 3.63) is 64.2 Å². The Morgan fingerprint density at radius 2 is 1.80 bits per heavy atom. The molecular weight excluding hydrogens is 422 g/mol. The molecule has 2 rings (SSSR count). The van der Waals surface area contributed by atoms with E-state index in [0.717, 1.165) is 5.56 Å². The molecule has 2 aromatic rings. The lowest BCUT2D eigenvalue weighted by molar-refractivity contribution is 0.0702. The molecule has 160 valence electrons. The zero-order valence-corrected chi connectivity index (χ0v) is 19.3. The van der Waals surface area contributed by atoms with Crippen LogP contribution in [0.5, 0.6) is 0 Å². The Kier molecular flexibility index (Phi) is 7.30.